The van der Waals surface area contributed by atoms with Gasteiger partial charge in [-0.05, 0) is 48.9 Å². The Labute approximate surface area is 243 Å². The van der Waals surface area contributed by atoms with Gasteiger partial charge in [0.15, 0.2) is 0 Å². The van der Waals surface area contributed by atoms with E-state index in [4.69, 9.17) is 0 Å². The molecule has 1 aliphatic heterocycles. The van der Waals surface area contributed by atoms with Crippen LogP contribution in [0.5, 0.6) is 0 Å². The lowest BCUT2D eigenvalue weighted by molar-refractivity contribution is -0.142. The van der Waals surface area contributed by atoms with E-state index in [1.807, 2.05) is 56.3 Å². The Hall–Kier alpha value is -2.72. The van der Waals surface area contributed by atoms with Crippen LogP contribution in [0.15, 0.2) is 42.5 Å². The van der Waals surface area contributed by atoms with E-state index < -0.39 is 30.2 Å². The number of aliphatic hydroxyl groups is 2. The molecular formula is C30H45ClN4O5. The maximum atomic E-state index is 13.5. The first kappa shape index (κ1) is 33.5. The van der Waals surface area contributed by atoms with E-state index in [-0.39, 0.29) is 49.6 Å². The number of amides is 3. The number of carbonyl (C=O) groups excluding carboxylic acids is 3. The number of aliphatic hydroxyl groups excluding tert-OH is 2. The Kier molecular flexibility index (Phi) is 13.8. The zero-order valence-corrected chi connectivity index (χ0v) is 24.6. The SMILES string of the molecule is CCC(CC)C(=O)N1CCCC1C(=O)N[C@H](Cc1ccc2ccccc2c1)C(=O)NCC(O)CNCC(C)O.Cl. The minimum atomic E-state index is -0.873. The van der Waals surface area contributed by atoms with E-state index in [0.717, 1.165) is 35.6 Å². The van der Waals surface area contributed by atoms with E-state index in [9.17, 15) is 24.6 Å². The van der Waals surface area contributed by atoms with E-state index in [1.54, 1.807) is 11.8 Å². The predicted octanol–water partition coefficient (Wildman–Crippen LogP) is 2.16. The zero-order valence-electron chi connectivity index (χ0n) is 23.8. The van der Waals surface area contributed by atoms with Crippen LogP contribution < -0.4 is 16.0 Å². The molecule has 2 aromatic rings. The molecule has 5 N–H and O–H groups in total. The number of rotatable bonds is 14. The van der Waals surface area contributed by atoms with Gasteiger partial charge in [-0.15, -0.1) is 12.4 Å². The number of hydrogen-bond acceptors (Lipinski definition) is 6. The highest BCUT2D eigenvalue weighted by Crippen LogP contribution is 2.23. The summed E-state index contributed by atoms with van der Waals surface area (Å²) in [5.41, 5.74) is 0.893. The molecule has 10 heteroatoms. The maximum absolute atomic E-state index is 13.5. The Morgan fingerprint density at radius 3 is 2.38 bits per heavy atom. The Morgan fingerprint density at radius 2 is 1.70 bits per heavy atom. The molecule has 3 rings (SSSR count). The van der Waals surface area contributed by atoms with Gasteiger partial charge in [0.25, 0.3) is 0 Å². The molecular weight excluding hydrogens is 532 g/mol. The van der Waals surface area contributed by atoms with Crippen molar-refractivity contribution in [2.45, 2.75) is 77.2 Å². The van der Waals surface area contributed by atoms with Crippen molar-refractivity contribution in [3.63, 3.8) is 0 Å². The van der Waals surface area contributed by atoms with Crippen molar-refractivity contribution in [3.8, 4) is 0 Å². The molecule has 0 saturated carbocycles. The summed E-state index contributed by atoms with van der Waals surface area (Å²) >= 11 is 0. The zero-order chi connectivity index (χ0) is 28.4. The van der Waals surface area contributed by atoms with Crippen molar-refractivity contribution in [3.05, 3.63) is 48.0 Å². The Morgan fingerprint density at radius 1 is 1.00 bits per heavy atom. The predicted molar refractivity (Wildman–Crippen MR) is 159 cm³/mol. The van der Waals surface area contributed by atoms with Gasteiger partial charge in [-0.1, -0.05) is 56.3 Å². The van der Waals surface area contributed by atoms with Crippen molar-refractivity contribution >= 4 is 40.9 Å². The van der Waals surface area contributed by atoms with Gasteiger partial charge >= 0.3 is 0 Å². The first-order valence-electron chi connectivity index (χ1n) is 14.2. The monoisotopic (exact) mass is 576 g/mol. The van der Waals surface area contributed by atoms with Crippen LogP contribution in [0.25, 0.3) is 10.8 Å². The number of hydrogen-bond donors (Lipinski definition) is 5. The molecule has 0 bridgehead atoms. The molecule has 3 amide bonds. The van der Waals surface area contributed by atoms with Gasteiger partial charge in [0.2, 0.25) is 17.7 Å². The topological polar surface area (TPSA) is 131 Å². The largest absolute Gasteiger partial charge is 0.392 e. The van der Waals surface area contributed by atoms with Gasteiger partial charge in [-0.25, -0.2) is 0 Å². The van der Waals surface area contributed by atoms with Gasteiger partial charge in [-0.3, -0.25) is 14.4 Å². The summed E-state index contributed by atoms with van der Waals surface area (Å²) < 4.78 is 0. The van der Waals surface area contributed by atoms with E-state index in [0.29, 0.717) is 19.5 Å². The molecule has 2 aromatic carbocycles. The van der Waals surface area contributed by atoms with Crippen molar-refractivity contribution in [2.75, 3.05) is 26.2 Å². The highest BCUT2D eigenvalue weighted by Gasteiger charge is 2.37. The third kappa shape index (κ3) is 9.44. The van der Waals surface area contributed by atoms with Crippen molar-refractivity contribution < 1.29 is 24.6 Å². The minimum absolute atomic E-state index is 0. The van der Waals surface area contributed by atoms with Gasteiger partial charge in [-0.2, -0.15) is 0 Å². The summed E-state index contributed by atoms with van der Waals surface area (Å²) in [6, 6.07) is 12.4. The molecule has 0 spiro atoms. The number of fused-ring (bicyclic) bond motifs is 1. The molecule has 1 fully saturated rings. The summed E-state index contributed by atoms with van der Waals surface area (Å²) in [4.78, 5) is 41.5. The first-order valence-corrected chi connectivity index (χ1v) is 14.2. The summed E-state index contributed by atoms with van der Waals surface area (Å²) in [7, 11) is 0. The molecule has 0 aromatic heterocycles. The van der Waals surface area contributed by atoms with Crippen LogP contribution >= 0.6 is 12.4 Å². The van der Waals surface area contributed by atoms with E-state index in [1.165, 1.54) is 0 Å². The van der Waals surface area contributed by atoms with Crippen LogP contribution in [0, 0.1) is 5.92 Å². The van der Waals surface area contributed by atoms with Crippen LogP contribution in [-0.4, -0.2) is 83.3 Å². The molecule has 4 atom stereocenters. The molecule has 1 aliphatic rings. The number of benzene rings is 2. The molecule has 0 aliphatic carbocycles. The number of halogens is 1. The maximum Gasteiger partial charge on any atom is 0.243 e. The van der Waals surface area contributed by atoms with Crippen molar-refractivity contribution in [1.29, 1.82) is 0 Å². The number of nitrogens with one attached hydrogen (secondary N) is 3. The second-order valence-electron chi connectivity index (χ2n) is 10.6. The number of nitrogens with zero attached hydrogens (tertiary/aromatic N) is 1. The fraction of sp³-hybridized carbons (Fsp3) is 0.567. The van der Waals surface area contributed by atoms with Crippen LogP contribution in [-0.2, 0) is 20.8 Å². The van der Waals surface area contributed by atoms with Gasteiger partial charge in [0, 0.05) is 38.5 Å². The second kappa shape index (κ2) is 16.5. The van der Waals surface area contributed by atoms with Crippen LogP contribution in [0.2, 0.25) is 0 Å². The molecule has 1 heterocycles. The summed E-state index contributed by atoms with van der Waals surface area (Å²) in [5.74, 6) is -0.839. The highest BCUT2D eigenvalue weighted by atomic mass is 35.5. The van der Waals surface area contributed by atoms with E-state index >= 15 is 0 Å². The molecule has 222 valence electrons. The lowest BCUT2D eigenvalue weighted by Crippen LogP contribution is -2.55. The van der Waals surface area contributed by atoms with Gasteiger partial charge in [0.05, 0.1) is 12.2 Å². The van der Waals surface area contributed by atoms with Crippen LogP contribution in [0.4, 0.5) is 0 Å². The van der Waals surface area contributed by atoms with Gasteiger partial charge < -0.3 is 31.1 Å². The Bertz CT molecular complexity index is 1110. The highest BCUT2D eigenvalue weighted by molar-refractivity contribution is 5.93. The second-order valence-corrected chi connectivity index (χ2v) is 10.6. The molecule has 40 heavy (non-hydrogen) atoms. The molecule has 9 nitrogen and oxygen atoms in total. The third-order valence-electron chi connectivity index (χ3n) is 7.39. The normalized spacial score (nSPS) is 17.2. The summed E-state index contributed by atoms with van der Waals surface area (Å²) in [6.45, 7) is 6.69. The number of carbonyl (C=O) groups is 3. The van der Waals surface area contributed by atoms with Crippen LogP contribution in [0.1, 0.15) is 52.0 Å². The first-order chi connectivity index (χ1) is 18.7. The van der Waals surface area contributed by atoms with Gasteiger partial charge in [0.1, 0.15) is 12.1 Å². The molecule has 0 radical (unpaired) electrons. The summed E-state index contributed by atoms with van der Waals surface area (Å²) in [6.07, 6.45) is 1.63. The Balaban J connectivity index is 0.00000560. The quantitative estimate of drug-likeness (QED) is 0.234. The molecule has 3 unspecified atom stereocenters. The molecule has 1 saturated heterocycles. The van der Waals surface area contributed by atoms with Crippen molar-refractivity contribution in [1.82, 2.24) is 20.9 Å². The van der Waals surface area contributed by atoms with E-state index in [2.05, 4.69) is 16.0 Å². The number of likely N-dealkylation sites (tertiary alicyclic amines) is 1. The average Bonchev–Trinajstić information content (AvgIpc) is 3.42. The fourth-order valence-electron chi connectivity index (χ4n) is 5.13. The lowest BCUT2D eigenvalue weighted by Gasteiger charge is -2.29. The lowest BCUT2D eigenvalue weighted by atomic mass is 10.00. The minimum Gasteiger partial charge on any atom is -0.392 e. The van der Waals surface area contributed by atoms with Crippen LogP contribution in [0.3, 0.4) is 0 Å². The summed E-state index contributed by atoms with van der Waals surface area (Å²) in [5, 5.41) is 30.4. The van der Waals surface area contributed by atoms with Crippen molar-refractivity contribution in [2.24, 2.45) is 5.92 Å². The standard InChI is InChI=1S/C30H44N4O5.ClH/c1-4-22(5-2)30(39)34-14-8-11-27(34)29(38)33-26(28(37)32-19-25(36)18-31-17-20(3)35)16-21-12-13-23-9-6-7-10-24(23)15-21;/h6-7,9-10,12-13,15,20,22,25-27,31,35-36H,4-5,8,11,14,16-19H2,1-3H3,(H,32,37)(H,33,38);1H/t20?,25?,26-,27?;/m1./s1. The smallest absolute Gasteiger partial charge is 0.243 e. The fourth-order valence-corrected chi connectivity index (χ4v) is 5.13. The average molecular weight is 577 g/mol. The third-order valence-corrected chi connectivity index (χ3v) is 7.39.